The number of nitrogens with two attached hydrogens (primary N) is 1. The molecule has 0 spiro atoms. The molecule has 2 rings (SSSR count). The predicted octanol–water partition coefficient (Wildman–Crippen LogP) is 2.22. The molecule has 0 bridgehead atoms. The number of nitrogens with one attached hydrogen (secondary N) is 1. The van der Waals surface area contributed by atoms with E-state index in [2.05, 4.69) is 15.3 Å². The molecular formula is C9H10N4OS3. The van der Waals surface area contributed by atoms with E-state index in [1.165, 1.54) is 34.4 Å². The average Bonchev–Trinajstić information content (AvgIpc) is 2.85. The van der Waals surface area contributed by atoms with Crippen LogP contribution in [0.5, 0.6) is 0 Å². The van der Waals surface area contributed by atoms with Gasteiger partial charge in [0.2, 0.25) is 5.91 Å². The highest BCUT2D eigenvalue weighted by Gasteiger charge is 2.07. The van der Waals surface area contributed by atoms with E-state index in [-0.39, 0.29) is 5.91 Å². The number of carbonyl (C=O) groups excluding carboxylic acids is 1. The van der Waals surface area contributed by atoms with E-state index in [1.807, 2.05) is 12.3 Å². The van der Waals surface area contributed by atoms with Crippen LogP contribution < -0.4 is 11.1 Å². The summed E-state index contributed by atoms with van der Waals surface area (Å²) in [7, 11) is 0. The van der Waals surface area contributed by atoms with Crippen molar-refractivity contribution < 1.29 is 4.79 Å². The molecule has 0 atom stereocenters. The Labute approximate surface area is 110 Å². The lowest BCUT2D eigenvalue weighted by molar-refractivity contribution is -0.113. The van der Waals surface area contributed by atoms with Crippen LogP contribution in [0.1, 0.15) is 5.69 Å². The third-order valence-electron chi connectivity index (χ3n) is 1.71. The number of nitrogen functional groups attached to an aromatic ring is 1. The number of aryl methyl sites for hydroxylation is 1. The summed E-state index contributed by atoms with van der Waals surface area (Å²) in [5.41, 5.74) is 6.41. The minimum absolute atomic E-state index is 0.0729. The van der Waals surface area contributed by atoms with Gasteiger partial charge in [0.25, 0.3) is 0 Å². The fraction of sp³-hybridized carbons (Fsp3) is 0.222. The highest BCUT2D eigenvalue weighted by atomic mass is 32.2. The summed E-state index contributed by atoms with van der Waals surface area (Å²) in [5.74, 6) is 0.261. The quantitative estimate of drug-likeness (QED) is 0.842. The van der Waals surface area contributed by atoms with Crippen LogP contribution >= 0.6 is 34.4 Å². The summed E-state index contributed by atoms with van der Waals surface area (Å²) in [4.78, 5) is 19.7. The number of rotatable bonds is 4. The zero-order valence-electron chi connectivity index (χ0n) is 8.97. The van der Waals surface area contributed by atoms with E-state index >= 15 is 0 Å². The van der Waals surface area contributed by atoms with Crippen molar-refractivity contribution in [3.8, 4) is 0 Å². The fourth-order valence-corrected chi connectivity index (χ4v) is 3.30. The van der Waals surface area contributed by atoms with Gasteiger partial charge >= 0.3 is 0 Å². The highest BCUT2D eigenvalue weighted by molar-refractivity contribution is 8.01. The molecule has 0 fully saturated rings. The molecule has 0 saturated heterocycles. The van der Waals surface area contributed by atoms with Gasteiger partial charge in [-0.2, -0.15) is 0 Å². The number of hydrogen-bond donors (Lipinski definition) is 2. The van der Waals surface area contributed by atoms with Gasteiger partial charge in [-0.15, -0.1) is 23.1 Å². The molecule has 0 radical (unpaired) electrons. The molecule has 2 aromatic rings. The Morgan fingerprint density at radius 2 is 2.47 bits per heavy atom. The number of carbonyl (C=O) groups is 1. The van der Waals surface area contributed by atoms with Crippen molar-refractivity contribution in [2.24, 2.45) is 0 Å². The van der Waals surface area contributed by atoms with Crippen LogP contribution in [0.25, 0.3) is 0 Å². The van der Waals surface area contributed by atoms with E-state index in [1.54, 1.807) is 6.20 Å². The molecular weight excluding hydrogens is 276 g/mol. The number of thiazole rings is 2. The normalized spacial score (nSPS) is 10.4. The van der Waals surface area contributed by atoms with Crippen molar-refractivity contribution in [2.75, 3.05) is 16.8 Å². The largest absolute Gasteiger partial charge is 0.375 e. The zero-order chi connectivity index (χ0) is 12.3. The number of anilines is 2. The summed E-state index contributed by atoms with van der Waals surface area (Å²) >= 11 is 4.21. The van der Waals surface area contributed by atoms with Crippen molar-refractivity contribution in [2.45, 2.75) is 11.1 Å². The second-order valence-corrected chi connectivity index (χ2v) is 6.34. The maximum Gasteiger partial charge on any atom is 0.236 e. The monoisotopic (exact) mass is 286 g/mol. The SMILES string of the molecule is Cc1csc(NC(=O)CSc2cnc(N)s2)n1. The molecule has 17 heavy (non-hydrogen) atoms. The number of thioether (sulfide) groups is 1. The molecule has 0 aliphatic carbocycles. The van der Waals surface area contributed by atoms with Gasteiger partial charge in [-0.25, -0.2) is 9.97 Å². The summed E-state index contributed by atoms with van der Waals surface area (Å²) in [6, 6.07) is 0. The van der Waals surface area contributed by atoms with Gasteiger partial charge in [-0.1, -0.05) is 11.3 Å². The standard InChI is InChI=1S/C9H10N4OS3/c1-5-3-16-9(12-5)13-6(14)4-15-7-2-11-8(10)17-7/h2-3H,4H2,1H3,(H2,10,11)(H,12,13,14). The maximum absolute atomic E-state index is 11.6. The van der Waals surface area contributed by atoms with Crippen molar-refractivity contribution in [1.82, 2.24) is 9.97 Å². The van der Waals surface area contributed by atoms with E-state index < -0.39 is 0 Å². The van der Waals surface area contributed by atoms with Crippen LogP contribution in [0.15, 0.2) is 15.8 Å². The maximum atomic E-state index is 11.6. The first-order valence-corrected chi connectivity index (χ1v) is 7.38. The molecule has 1 amide bonds. The van der Waals surface area contributed by atoms with Crippen LogP contribution in [-0.2, 0) is 4.79 Å². The molecule has 2 aromatic heterocycles. The lowest BCUT2D eigenvalue weighted by atomic mass is 10.6. The Bertz CT molecular complexity index is 522. The zero-order valence-corrected chi connectivity index (χ0v) is 11.4. The molecule has 0 aliphatic heterocycles. The molecule has 90 valence electrons. The van der Waals surface area contributed by atoms with Gasteiger partial charge < -0.3 is 11.1 Å². The first kappa shape index (κ1) is 12.3. The number of nitrogens with zero attached hydrogens (tertiary/aromatic N) is 2. The average molecular weight is 286 g/mol. The van der Waals surface area contributed by atoms with Crippen molar-refractivity contribution in [3.63, 3.8) is 0 Å². The lowest BCUT2D eigenvalue weighted by Gasteiger charge is -1.99. The van der Waals surface area contributed by atoms with Crippen LogP contribution in [0.2, 0.25) is 0 Å². The Balaban J connectivity index is 1.82. The van der Waals surface area contributed by atoms with E-state index in [0.717, 1.165) is 9.90 Å². The molecule has 0 unspecified atom stereocenters. The topological polar surface area (TPSA) is 80.9 Å². The summed E-state index contributed by atoms with van der Waals surface area (Å²) < 4.78 is 0.938. The van der Waals surface area contributed by atoms with Crippen LogP contribution in [0.3, 0.4) is 0 Å². The van der Waals surface area contributed by atoms with Gasteiger partial charge in [-0.3, -0.25) is 4.79 Å². The van der Waals surface area contributed by atoms with E-state index in [0.29, 0.717) is 16.0 Å². The summed E-state index contributed by atoms with van der Waals surface area (Å²) in [6.07, 6.45) is 1.67. The van der Waals surface area contributed by atoms with Gasteiger partial charge in [0.05, 0.1) is 21.9 Å². The Kier molecular flexibility index (Phi) is 3.97. The first-order chi connectivity index (χ1) is 8.13. The minimum Gasteiger partial charge on any atom is -0.375 e. The Hall–Kier alpha value is -1.12. The minimum atomic E-state index is -0.0729. The van der Waals surface area contributed by atoms with Crippen LogP contribution in [0.4, 0.5) is 10.3 Å². The van der Waals surface area contributed by atoms with E-state index in [4.69, 9.17) is 5.73 Å². The van der Waals surface area contributed by atoms with Crippen molar-refractivity contribution in [3.05, 3.63) is 17.3 Å². The second kappa shape index (κ2) is 5.48. The molecule has 8 heteroatoms. The molecule has 0 aliphatic rings. The molecule has 0 saturated carbocycles. The van der Waals surface area contributed by atoms with Crippen molar-refractivity contribution >= 4 is 50.6 Å². The van der Waals surface area contributed by atoms with Crippen molar-refractivity contribution in [1.29, 1.82) is 0 Å². The van der Waals surface area contributed by atoms with Crippen LogP contribution in [-0.4, -0.2) is 21.6 Å². The Morgan fingerprint density at radius 3 is 3.06 bits per heavy atom. The fourth-order valence-electron chi connectivity index (χ4n) is 1.04. The number of amides is 1. The number of aromatic nitrogens is 2. The molecule has 3 N–H and O–H groups in total. The molecule has 2 heterocycles. The van der Waals surface area contributed by atoms with E-state index in [9.17, 15) is 4.79 Å². The highest BCUT2D eigenvalue weighted by Crippen LogP contribution is 2.26. The summed E-state index contributed by atoms with van der Waals surface area (Å²) in [5, 5.41) is 5.79. The van der Waals surface area contributed by atoms with Gasteiger partial charge in [0, 0.05) is 5.38 Å². The molecule has 5 nitrogen and oxygen atoms in total. The first-order valence-electron chi connectivity index (χ1n) is 4.69. The lowest BCUT2D eigenvalue weighted by Crippen LogP contribution is -2.13. The smallest absolute Gasteiger partial charge is 0.236 e. The second-order valence-electron chi connectivity index (χ2n) is 3.15. The Morgan fingerprint density at radius 1 is 1.65 bits per heavy atom. The van der Waals surface area contributed by atoms with Gasteiger partial charge in [-0.05, 0) is 6.92 Å². The summed E-state index contributed by atoms with van der Waals surface area (Å²) in [6.45, 7) is 1.89. The third-order valence-corrected chi connectivity index (χ3v) is 4.61. The third kappa shape index (κ3) is 3.69. The van der Waals surface area contributed by atoms with Gasteiger partial charge in [0.15, 0.2) is 10.3 Å². The molecule has 0 aromatic carbocycles. The van der Waals surface area contributed by atoms with Gasteiger partial charge in [0.1, 0.15) is 0 Å². The predicted molar refractivity (Wildman–Crippen MR) is 72.7 cm³/mol. The van der Waals surface area contributed by atoms with Crippen LogP contribution in [0, 0.1) is 6.92 Å². The number of hydrogen-bond acceptors (Lipinski definition) is 7.